The summed E-state index contributed by atoms with van der Waals surface area (Å²) in [5, 5.41) is 16.9. The minimum atomic E-state index is -0.330. The Bertz CT molecular complexity index is 1740. The van der Waals surface area contributed by atoms with Crippen LogP contribution in [0.25, 0.3) is 22.0 Å². The van der Waals surface area contributed by atoms with E-state index in [1.54, 1.807) is 11.7 Å². The van der Waals surface area contributed by atoms with Crippen LogP contribution in [0.15, 0.2) is 47.5 Å². The number of H-pyrrole nitrogens is 1. The number of benzene rings is 1. The van der Waals surface area contributed by atoms with Crippen LogP contribution in [0.5, 0.6) is 0 Å². The number of carbonyl (C=O) groups is 2. The van der Waals surface area contributed by atoms with Gasteiger partial charge in [-0.1, -0.05) is 6.42 Å². The van der Waals surface area contributed by atoms with E-state index in [0.29, 0.717) is 17.5 Å². The Morgan fingerprint density at radius 1 is 1.00 bits per heavy atom. The highest BCUT2D eigenvalue weighted by molar-refractivity contribution is 6.08. The molecule has 12 heteroatoms. The molecule has 1 saturated heterocycles. The van der Waals surface area contributed by atoms with Crippen LogP contribution < -0.4 is 21.3 Å². The number of anilines is 1. The Kier molecular flexibility index (Phi) is 10.5. The average molecular weight is 629 g/mol. The van der Waals surface area contributed by atoms with E-state index in [1.807, 2.05) is 49.0 Å². The number of pyridine rings is 2. The number of unbranched alkanes of at least 4 members (excludes halogenated alkanes) is 2. The SMILES string of the molecule is Cc1cc(C)c(CNC(=O)c2cc(-c3ccc(N4CCN(CCCCCC(=O)NO)CC4)nc3)cc3c2cnn3C(C)C)c(=O)[nH]1. The van der Waals surface area contributed by atoms with E-state index < -0.39 is 0 Å². The van der Waals surface area contributed by atoms with Gasteiger partial charge in [0.1, 0.15) is 5.82 Å². The fraction of sp³-hybridized carbons (Fsp3) is 0.441. The van der Waals surface area contributed by atoms with E-state index >= 15 is 0 Å². The molecule has 4 N–H and O–H groups in total. The van der Waals surface area contributed by atoms with Gasteiger partial charge in [-0.2, -0.15) is 5.10 Å². The number of nitrogens with zero attached hydrogens (tertiary/aromatic N) is 5. The van der Waals surface area contributed by atoms with Crippen molar-refractivity contribution >= 4 is 28.5 Å². The number of aryl methyl sites for hydroxylation is 2. The van der Waals surface area contributed by atoms with Gasteiger partial charge in [0.05, 0.1) is 17.3 Å². The normalized spacial score (nSPS) is 13.8. The summed E-state index contributed by atoms with van der Waals surface area (Å²) in [6.45, 7) is 12.6. The van der Waals surface area contributed by atoms with Crippen LogP contribution >= 0.6 is 0 Å². The van der Waals surface area contributed by atoms with E-state index in [4.69, 9.17) is 10.2 Å². The third kappa shape index (κ3) is 7.63. The number of nitrogens with one attached hydrogen (secondary N) is 3. The largest absolute Gasteiger partial charge is 0.354 e. The Hall–Kier alpha value is -4.55. The lowest BCUT2D eigenvalue weighted by atomic mass is 10.0. The Balaban J connectivity index is 1.28. The van der Waals surface area contributed by atoms with Gasteiger partial charge < -0.3 is 15.2 Å². The molecule has 1 aliphatic rings. The predicted octanol–water partition coefficient (Wildman–Crippen LogP) is 4.10. The second-order valence-electron chi connectivity index (χ2n) is 12.3. The molecule has 12 nitrogen and oxygen atoms in total. The van der Waals surface area contributed by atoms with Gasteiger partial charge in [0.15, 0.2) is 0 Å². The van der Waals surface area contributed by atoms with Gasteiger partial charge in [-0.15, -0.1) is 0 Å². The lowest BCUT2D eigenvalue weighted by molar-refractivity contribution is -0.129. The molecule has 0 radical (unpaired) electrons. The van der Waals surface area contributed by atoms with Gasteiger partial charge in [-0.05, 0) is 88.5 Å². The molecular weight excluding hydrogens is 584 g/mol. The van der Waals surface area contributed by atoms with Crippen molar-refractivity contribution in [2.75, 3.05) is 37.6 Å². The maximum Gasteiger partial charge on any atom is 0.253 e. The second kappa shape index (κ2) is 14.7. The Labute approximate surface area is 268 Å². The third-order valence-electron chi connectivity index (χ3n) is 8.65. The van der Waals surface area contributed by atoms with Crippen molar-refractivity contribution in [3.8, 4) is 11.1 Å². The molecule has 1 fully saturated rings. The summed E-state index contributed by atoms with van der Waals surface area (Å²) >= 11 is 0. The van der Waals surface area contributed by atoms with Crippen LogP contribution in [-0.4, -0.2) is 74.4 Å². The molecule has 1 aliphatic heterocycles. The first-order valence-electron chi connectivity index (χ1n) is 16.0. The second-order valence-corrected chi connectivity index (χ2v) is 12.3. The molecular formula is C34H44N8O4. The molecule has 0 atom stereocenters. The van der Waals surface area contributed by atoms with E-state index in [0.717, 1.165) is 91.1 Å². The van der Waals surface area contributed by atoms with Crippen molar-refractivity contribution in [3.05, 3.63) is 75.5 Å². The standard InChI is InChI=1S/C34H44N8O4/c1-22(2)42-30-18-26(17-27(29(30)21-37-42)33(44)36-20-28-23(3)16-24(4)38-34(28)45)25-9-10-31(35-19-25)41-14-12-40(13-15-41)11-7-5-6-8-32(43)39-46/h9-10,16-19,21-22,46H,5-8,11-15,20H2,1-4H3,(H,36,44)(H,38,45)(H,39,43). The summed E-state index contributed by atoms with van der Waals surface area (Å²) in [6, 6.07) is 10.0. The topological polar surface area (TPSA) is 148 Å². The number of hydrogen-bond acceptors (Lipinski definition) is 8. The lowest BCUT2D eigenvalue weighted by Crippen LogP contribution is -2.46. The number of aromatic nitrogens is 4. The molecule has 0 unspecified atom stereocenters. The molecule has 0 aliphatic carbocycles. The van der Waals surface area contributed by atoms with Gasteiger partial charge in [-0.3, -0.25) is 29.2 Å². The van der Waals surface area contributed by atoms with Gasteiger partial charge in [0.2, 0.25) is 5.91 Å². The molecule has 0 bridgehead atoms. The molecule has 46 heavy (non-hydrogen) atoms. The fourth-order valence-electron chi connectivity index (χ4n) is 6.07. The average Bonchev–Trinajstić information content (AvgIpc) is 3.48. The fourth-order valence-corrected chi connectivity index (χ4v) is 6.07. The summed E-state index contributed by atoms with van der Waals surface area (Å²) in [5.41, 5.74) is 6.76. The molecule has 4 heterocycles. The molecule has 3 aromatic heterocycles. The van der Waals surface area contributed by atoms with E-state index in [9.17, 15) is 14.4 Å². The summed E-state index contributed by atoms with van der Waals surface area (Å²) in [5.74, 6) is 0.319. The van der Waals surface area contributed by atoms with Crippen molar-refractivity contribution in [2.24, 2.45) is 0 Å². The molecule has 5 rings (SSSR count). The van der Waals surface area contributed by atoms with Crippen LogP contribution in [0.1, 0.15) is 72.8 Å². The summed E-state index contributed by atoms with van der Waals surface area (Å²) in [4.78, 5) is 49.6. The first kappa shape index (κ1) is 32.8. The van der Waals surface area contributed by atoms with Gasteiger partial charge >= 0.3 is 0 Å². The maximum absolute atomic E-state index is 13.6. The monoisotopic (exact) mass is 628 g/mol. The number of aromatic amines is 1. The zero-order valence-corrected chi connectivity index (χ0v) is 27.1. The zero-order chi connectivity index (χ0) is 32.8. The van der Waals surface area contributed by atoms with Crippen LogP contribution in [0, 0.1) is 13.8 Å². The van der Waals surface area contributed by atoms with Gasteiger partial charge in [0, 0.05) is 73.6 Å². The lowest BCUT2D eigenvalue weighted by Gasteiger charge is -2.35. The summed E-state index contributed by atoms with van der Waals surface area (Å²) in [7, 11) is 0. The van der Waals surface area contributed by atoms with Crippen LogP contribution in [0.4, 0.5) is 5.82 Å². The predicted molar refractivity (Wildman–Crippen MR) is 178 cm³/mol. The first-order valence-corrected chi connectivity index (χ1v) is 16.0. The van der Waals surface area contributed by atoms with Crippen molar-refractivity contribution in [1.29, 1.82) is 0 Å². The minimum Gasteiger partial charge on any atom is -0.354 e. The zero-order valence-electron chi connectivity index (χ0n) is 27.1. The smallest absolute Gasteiger partial charge is 0.253 e. The van der Waals surface area contributed by atoms with Crippen molar-refractivity contribution in [1.82, 2.24) is 35.4 Å². The molecule has 244 valence electrons. The van der Waals surface area contributed by atoms with Crippen LogP contribution in [0.2, 0.25) is 0 Å². The molecule has 1 aromatic carbocycles. The van der Waals surface area contributed by atoms with E-state index in [2.05, 4.69) is 45.1 Å². The number of hydroxylamine groups is 1. The van der Waals surface area contributed by atoms with Crippen molar-refractivity contribution < 1.29 is 14.8 Å². The highest BCUT2D eigenvalue weighted by Crippen LogP contribution is 2.30. The Morgan fingerprint density at radius 2 is 1.78 bits per heavy atom. The third-order valence-corrected chi connectivity index (χ3v) is 8.65. The number of amides is 2. The quantitative estimate of drug-likeness (QED) is 0.104. The van der Waals surface area contributed by atoms with E-state index in [-0.39, 0.29) is 30.0 Å². The molecule has 0 saturated carbocycles. The highest BCUT2D eigenvalue weighted by Gasteiger charge is 2.20. The number of hydrogen-bond donors (Lipinski definition) is 4. The molecule has 2 amide bonds. The Morgan fingerprint density at radius 3 is 2.46 bits per heavy atom. The van der Waals surface area contributed by atoms with Crippen LogP contribution in [-0.2, 0) is 11.3 Å². The van der Waals surface area contributed by atoms with Crippen molar-refractivity contribution in [2.45, 2.75) is 66.0 Å². The summed E-state index contributed by atoms with van der Waals surface area (Å²) < 4.78 is 1.91. The minimum absolute atomic E-state index is 0.101. The van der Waals surface area contributed by atoms with Crippen LogP contribution in [0.3, 0.4) is 0 Å². The maximum atomic E-state index is 13.6. The van der Waals surface area contributed by atoms with Crippen molar-refractivity contribution in [3.63, 3.8) is 0 Å². The number of piperazine rings is 1. The number of carbonyl (C=O) groups excluding carboxylic acids is 2. The summed E-state index contributed by atoms with van der Waals surface area (Å²) in [6.07, 6.45) is 6.69. The molecule has 4 aromatic rings. The number of rotatable bonds is 12. The first-order chi connectivity index (χ1) is 22.1. The number of fused-ring (bicyclic) bond motifs is 1. The van der Waals surface area contributed by atoms with Gasteiger partial charge in [-0.25, -0.2) is 10.5 Å². The van der Waals surface area contributed by atoms with E-state index in [1.165, 1.54) is 0 Å². The molecule has 0 spiro atoms. The van der Waals surface area contributed by atoms with Gasteiger partial charge in [0.25, 0.3) is 11.5 Å². The highest BCUT2D eigenvalue weighted by atomic mass is 16.5.